The molecule has 0 atom stereocenters. The highest BCUT2D eigenvalue weighted by Gasteiger charge is 2.17. The Kier molecular flexibility index (Phi) is 13.2. The van der Waals surface area contributed by atoms with Gasteiger partial charge in [-0.3, -0.25) is 0 Å². The molecule has 0 bridgehead atoms. The van der Waals surface area contributed by atoms with E-state index in [1.165, 1.54) is 46.3 Å². The second-order valence-electron chi connectivity index (χ2n) is 10.7. The molecule has 1 aromatic heterocycles. The molecule has 0 unspecified atom stereocenters. The average molecular weight is 493 g/mol. The first-order valence-electron chi connectivity index (χ1n) is 13.8. The van der Waals surface area contributed by atoms with E-state index in [-0.39, 0.29) is 0 Å². The highest BCUT2D eigenvalue weighted by atomic mass is 16.5. The molecule has 36 heavy (non-hydrogen) atoms. The Morgan fingerprint density at radius 3 is 2.14 bits per heavy atom. The molecule has 3 heteroatoms. The molecule has 2 N–H and O–H groups in total. The summed E-state index contributed by atoms with van der Waals surface area (Å²) in [4.78, 5) is 0. The molecular formula is C33H52N2O. The van der Waals surface area contributed by atoms with Gasteiger partial charge in [-0.25, -0.2) is 0 Å². The van der Waals surface area contributed by atoms with Crippen LogP contribution in [0.1, 0.15) is 117 Å². The van der Waals surface area contributed by atoms with Crippen LogP contribution < -0.4 is 5.73 Å². The lowest BCUT2D eigenvalue weighted by Crippen LogP contribution is -2.33. The van der Waals surface area contributed by atoms with E-state index in [1.807, 2.05) is 27.7 Å². The molecule has 0 spiro atoms. The number of nitrogens with two attached hydrogens (primary N) is 1. The highest BCUT2D eigenvalue weighted by molar-refractivity contribution is 5.79. The summed E-state index contributed by atoms with van der Waals surface area (Å²) in [6.45, 7) is 25.7. The summed E-state index contributed by atoms with van der Waals surface area (Å²) in [5.41, 5.74) is 16.6. The zero-order valence-electron chi connectivity index (χ0n) is 24.9. The fraction of sp³-hybridized carbons (Fsp3) is 0.545. The molecule has 0 aliphatic carbocycles. The normalized spacial score (nSPS) is 14.9. The lowest BCUT2D eigenvalue weighted by Gasteiger charge is -2.21. The van der Waals surface area contributed by atoms with Gasteiger partial charge in [-0.2, -0.15) is 0 Å². The van der Waals surface area contributed by atoms with Gasteiger partial charge in [0.2, 0.25) is 0 Å². The van der Waals surface area contributed by atoms with E-state index in [9.17, 15) is 0 Å². The lowest BCUT2D eigenvalue weighted by atomic mass is 9.87. The first-order valence-corrected chi connectivity index (χ1v) is 13.8. The number of allylic oxidation sites excluding steroid dienone is 9. The van der Waals surface area contributed by atoms with Crippen LogP contribution >= 0.6 is 0 Å². The van der Waals surface area contributed by atoms with E-state index in [4.69, 9.17) is 10.3 Å². The number of aromatic nitrogens is 1. The zero-order valence-corrected chi connectivity index (χ0v) is 24.9. The van der Waals surface area contributed by atoms with Crippen LogP contribution in [0.15, 0.2) is 68.8 Å². The van der Waals surface area contributed by atoms with Gasteiger partial charge in [-0.1, -0.05) is 81.6 Å². The van der Waals surface area contributed by atoms with Crippen LogP contribution in [0, 0.1) is 13.8 Å². The number of hydrogen-bond donors (Lipinski definition) is 1. The molecule has 200 valence electrons. The van der Waals surface area contributed by atoms with E-state index >= 15 is 0 Å². The van der Waals surface area contributed by atoms with E-state index in [1.54, 1.807) is 0 Å². The minimum Gasteiger partial charge on any atom is -0.361 e. The third-order valence-electron chi connectivity index (χ3n) is 6.85. The number of nitrogens with zero attached hydrogens (tertiary/aromatic N) is 1. The third-order valence-corrected chi connectivity index (χ3v) is 6.85. The highest BCUT2D eigenvalue weighted by Crippen LogP contribution is 2.32. The molecule has 3 nitrogen and oxygen atoms in total. The topological polar surface area (TPSA) is 52.0 Å². The molecule has 0 fully saturated rings. The second kappa shape index (κ2) is 15.0. The maximum absolute atomic E-state index is 6.35. The van der Waals surface area contributed by atoms with Crippen molar-refractivity contribution in [3.63, 3.8) is 0 Å². The molecular weight excluding hydrogens is 440 g/mol. The van der Waals surface area contributed by atoms with Crippen LogP contribution in [0.3, 0.4) is 0 Å². The van der Waals surface area contributed by atoms with Crippen molar-refractivity contribution in [1.82, 2.24) is 5.16 Å². The van der Waals surface area contributed by atoms with Crippen LogP contribution in [0.2, 0.25) is 0 Å². The van der Waals surface area contributed by atoms with E-state index in [0.29, 0.717) is 0 Å². The summed E-state index contributed by atoms with van der Waals surface area (Å²) in [5.74, 6) is 0.864. The molecule has 0 aliphatic heterocycles. The van der Waals surface area contributed by atoms with Gasteiger partial charge in [0.05, 0.1) is 5.69 Å². The largest absolute Gasteiger partial charge is 0.361 e. The van der Waals surface area contributed by atoms with Gasteiger partial charge in [-0.05, 0) is 108 Å². The maximum Gasteiger partial charge on any atom is 0.141 e. The molecule has 0 saturated carbocycles. The predicted molar refractivity (Wildman–Crippen MR) is 159 cm³/mol. The third kappa shape index (κ3) is 9.58. The summed E-state index contributed by atoms with van der Waals surface area (Å²) < 4.78 is 5.56. The van der Waals surface area contributed by atoms with Crippen LogP contribution in [0.4, 0.5) is 0 Å². The Morgan fingerprint density at radius 1 is 1.00 bits per heavy atom. The van der Waals surface area contributed by atoms with Crippen molar-refractivity contribution in [3.05, 3.63) is 81.3 Å². The van der Waals surface area contributed by atoms with Gasteiger partial charge in [0.15, 0.2) is 0 Å². The number of aryl methyl sites for hydroxylation is 2. The Labute approximate surface area is 222 Å². The first-order chi connectivity index (χ1) is 16.9. The SMILES string of the molecule is C=C(\C=C(C)/C(=C\CCCC)C(/C)=C(/C=C(\C=C(\C)CC)c1c(C)noc1C)CCCC)C(C)(C)N. The van der Waals surface area contributed by atoms with Crippen molar-refractivity contribution in [2.24, 2.45) is 5.73 Å². The zero-order chi connectivity index (χ0) is 27.5. The van der Waals surface area contributed by atoms with Crippen molar-refractivity contribution in [2.75, 3.05) is 0 Å². The summed E-state index contributed by atoms with van der Waals surface area (Å²) in [6.07, 6.45) is 17.0. The van der Waals surface area contributed by atoms with Crippen LogP contribution in [0.25, 0.3) is 5.57 Å². The molecule has 0 amide bonds. The maximum atomic E-state index is 6.35. The lowest BCUT2D eigenvalue weighted by molar-refractivity contribution is 0.393. The van der Waals surface area contributed by atoms with E-state index in [0.717, 1.165) is 54.7 Å². The van der Waals surface area contributed by atoms with Gasteiger partial charge >= 0.3 is 0 Å². The predicted octanol–water partition coefficient (Wildman–Crippen LogP) is 9.89. The van der Waals surface area contributed by atoms with Crippen molar-refractivity contribution in [3.8, 4) is 0 Å². The fourth-order valence-corrected chi connectivity index (χ4v) is 4.13. The number of unbranched alkanes of at least 4 members (excludes halogenated alkanes) is 3. The quantitative estimate of drug-likeness (QED) is 0.208. The smallest absolute Gasteiger partial charge is 0.141 e. The first kappa shape index (κ1) is 31.6. The van der Waals surface area contributed by atoms with Gasteiger partial charge < -0.3 is 10.3 Å². The van der Waals surface area contributed by atoms with Crippen molar-refractivity contribution in [2.45, 2.75) is 120 Å². The number of hydrogen-bond acceptors (Lipinski definition) is 3. The summed E-state index contributed by atoms with van der Waals surface area (Å²) in [5, 5.41) is 4.25. The van der Waals surface area contributed by atoms with Crippen molar-refractivity contribution < 1.29 is 4.52 Å². The number of rotatable bonds is 14. The van der Waals surface area contributed by atoms with Gasteiger partial charge in [-0.15, -0.1) is 0 Å². The minimum absolute atomic E-state index is 0.447. The monoisotopic (exact) mass is 492 g/mol. The van der Waals surface area contributed by atoms with E-state index in [2.05, 4.69) is 77.6 Å². The van der Waals surface area contributed by atoms with Gasteiger partial charge in [0.25, 0.3) is 0 Å². The molecule has 0 radical (unpaired) electrons. The Bertz CT molecular complexity index is 1010. The Hall–Kier alpha value is -2.39. The van der Waals surface area contributed by atoms with E-state index < -0.39 is 5.54 Å². The van der Waals surface area contributed by atoms with Gasteiger partial charge in [0.1, 0.15) is 5.76 Å². The van der Waals surface area contributed by atoms with Crippen molar-refractivity contribution >= 4 is 5.57 Å². The molecule has 1 rings (SSSR count). The minimum atomic E-state index is -0.447. The Morgan fingerprint density at radius 2 is 1.64 bits per heavy atom. The molecule has 1 aromatic rings. The standard InChI is InChI=1S/C33H52N2O/c1-12-15-17-19-31(24(5)21-25(6)33(10,11)34)26(7)29(18-16-13-2)22-30(20-23(4)14-3)32-27(8)35-36-28(32)9/h19-22H,6,12-18,34H2,1-5,7-11H3/b23-20-,24-21-,29-26+,30-22+,31-19+. The van der Waals surface area contributed by atoms with Crippen LogP contribution in [-0.4, -0.2) is 10.7 Å². The summed E-state index contributed by atoms with van der Waals surface area (Å²) in [6, 6.07) is 0. The van der Waals surface area contributed by atoms with Crippen LogP contribution in [-0.2, 0) is 0 Å². The fourth-order valence-electron chi connectivity index (χ4n) is 4.13. The van der Waals surface area contributed by atoms with Gasteiger partial charge in [0, 0.05) is 11.1 Å². The molecule has 1 heterocycles. The van der Waals surface area contributed by atoms with Crippen molar-refractivity contribution in [1.29, 1.82) is 0 Å². The second-order valence-corrected chi connectivity index (χ2v) is 10.7. The Balaban J connectivity index is 3.87. The molecule has 0 aliphatic rings. The summed E-state index contributed by atoms with van der Waals surface area (Å²) >= 11 is 0. The molecule has 0 aromatic carbocycles. The average Bonchev–Trinajstić information content (AvgIpc) is 3.15. The summed E-state index contributed by atoms with van der Waals surface area (Å²) in [7, 11) is 0. The van der Waals surface area contributed by atoms with Crippen LogP contribution in [0.5, 0.6) is 0 Å². The molecule has 0 saturated heterocycles.